The van der Waals surface area contributed by atoms with E-state index >= 15 is 0 Å². The van der Waals surface area contributed by atoms with Gasteiger partial charge in [0.25, 0.3) is 0 Å². The molecule has 0 bridgehead atoms. The molecule has 0 aromatic heterocycles. The monoisotopic (exact) mass is 400 g/mol. The van der Waals surface area contributed by atoms with Gasteiger partial charge < -0.3 is 15.3 Å². The minimum atomic E-state index is -1.25. The van der Waals surface area contributed by atoms with Crippen molar-refractivity contribution in [2.24, 2.45) is 0 Å². The van der Waals surface area contributed by atoms with Gasteiger partial charge in [0.15, 0.2) is 0 Å². The number of fused-ring (bicyclic) bond motifs is 2. The highest BCUT2D eigenvalue weighted by Gasteiger charge is 2.30. The van der Waals surface area contributed by atoms with Crippen molar-refractivity contribution >= 4 is 39.5 Å². The summed E-state index contributed by atoms with van der Waals surface area (Å²) in [5.41, 5.74) is 0.498. The van der Waals surface area contributed by atoms with Crippen LogP contribution < -0.4 is 0 Å². The van der Waals surface area contributed by atoms with Crippen molar-refractivity contribution < 1.29 is 29.7 Å². The van der Waals surface area contributed by atoms with Crippen molar-refractivity contribution in [2.75, 3.05) is 0 Å². The fourth-order valence-electron chi connectivity index (χ4n) is 3.90. The van der Waals surface area contributed by atoms with E-state index < -0.39 is 23.8 Å². The lowest BCUT2D eigenvalue weighted by atomic mass is 9.82. The molecular weight excluding hydrogens is 384 g/mol. The molecule has 0 fully saturated rings. The Morgan fingerprint density at radius 1 is 0.667 bits per heavy atom. The molecule has 148 valence electrons. The highest BCUT2D eigenvalue weighted by Crippen LogP contribution is 2.37. The van der Waals surface area contributed by atoms with Gasteiger partial charge in [-0.1, -0.05) is 54.6 Å². The van der Waals surface area contributed by atoms with Gasteiger partial charge in [0.2, 0.25) is 0 Å². The summed E-state index contributed by atoms with van der Waals surface area (Å²) in [5, 5.41) is 31.6. The molecule has 1 atom stereocenters. The Morgan fingerprint density at radius 2 is 1.40 bits per heavy atom. The van der Waals surface area contributed by atoms with Crippen molar-refractivity contribution in [3.8, 4) is 0 Å². The Bertz CT molecular complexity index is 1330. The van der Waals surface area contributed by atoms with Crippen molar-refractivity contribution in [1.29, 1.82) is 0 Å². The van der Waals surface area contributed by atoms with Gasteiger partial charge >= 0.3 is 17.9 Å². The van der Waals surface area contributed by atoms with Gasteiger partial charge in [0, 0.05) is 0 Å². The Labute approximate surface area is 170 Å². The van der Waals surface area contributed by atoms with Crippen LogP contribution in [0.5, 0.6) is 0 Å². The standard InChI is InChI=1S/C24H16O6/c25-22(26)15-9-10-17-14(12-15)8-11-19(23(27)28)20(17)21(24(29)30)18-7-3-5-13-4-1-2-6-16(13)18/h1-12,21H,(H,25,26)(H,27,28)(H,29,30). The van der Waals surface area contributed by atoms with E-state index in [1.165, 1.54) is 30.3 Å². The van der Waals surface area contributed by atoms with E-state index in [2.05, 4.69) is 0 Å². The fourth-order valence-corrected chi connectivity index (χ4v) is 3.90. The second-order valence-corrected chi connectivity index (χ2v) is 6.91. The van der Waals surface area contributed by atoms with Gasteiger partial charge in [-0.2, -0.15) is 0 Å². The predicted octanol–water partition coefficient (Wildman–Crippen LogP) is 4.61. The van der Waals surface area contributed by atoms with Crippen LogP contribution in [0, 0.1) is 0 Å². The van der Waals surface area contributed by atoms with E-state index in [-0.39, 0.29) is 16.7 Å². The maximum Gasteiger partial charge on any atom is 0.336 e. The molecule has 4 aromatic rings. The van der Waals surface area contributed by atoms with Crippen LogP contribution in [0.15, 0.2) is 72.8 Å². The zero-order valence-corrected chi connectivity index (χ0v) is 15.6. The normalized spacial score (nSPS) is 12.0. The van der Waals surface area contributed by atoms with Gasteiger partial charge in [-0.15, -0.1) is 0 Å². The Balaban J connectivity index is 2.09. The van der Waals surface area contributed by atoms with Crippen LogP contribution in [-0.4, -0.2) is 33.2 Å². The third-order valence-corrected chi connectivity index (χ3v) is 5.21. The lowest BCUT2D eigenvalue weighted by Crippen LogP contribution is -2.18. The van der Waals surface area contributed by atoms with Crippen LogP contribution in [0.2, 0.25) is 0 Å². The number of hydrogen-bond acceptors (Lipinski definition) is 3. The maximum absolute atomic E-state index is 12.5. The van der Waals surface area contributed by atoms with Gasteiger partial charge in [-0.25, -0.2) is 9.59 Å². The first kappa shape index (κ1) is 19.1. The van der Waals surface area contributed by atoms with Crippen molar-refractivity contribution in [2.45, 2.75) is 5.92 Å². The minimum Gasteiger partial charge on any atom is -0.481 e. The summed E-state index contributed by atoms with van der Waals surface area (Å²) in [7, 11) is 0. The molecule has 0 amide bonds. The van der Waals surface area contributed by atoms with Gasteiger partial charge in [-0.05, 0) is 50.9 Å². The molecule has 0 aliphatic heterocycles. The van der Waals surface area contributed by atoms with E-state index in [0.29, 0.717) is 21.7 Å². The summed E-state index contributed by atoms with van der Waals surface area (Å²) in [6.45, 7) is 0. The zero-order chi connectivity index (χ0) is 21.4. The van der Waals surface area contributed by atoms with Crippen LogP contribution in [0.1, 0.15) is 37.8 Å². The first-order chi connectivity index (χ1) is 14.4. The lowest BCUT2D eigenvalue weighted by molar-refractivity contribution is -0.137. The number of aliphatic carboxylic acids is 1. The Morgan fingerprint density at radius 3 is 2.10 bits per heavy atom. The Kier molecular flexibility index (Phi) is 4.68. The molecule has 30 heavy (non-hydrogen) atoms. The smallest absolute Gasteiger partial charge is 0.336 e. The number of carbonyl (C=O) groups is 3. The molecule has 6 heteroatoms. The van der Waals surface area contributed by atoms with Crippen LogP contribution in [0.3, 0.4) is 0 Å². The molecule has 0 spiro atoms. The number of hydrogen-bond donors (Lipinski definition) is 3. The largest absolute Gasteiger partial charge is 0.481 e. The molecule has 0 heterocycles. The van der Waals surface area contributed by atoms with Gasteiger partial charge in [0.05, 0.1) is 11.1 Å². The van der Waals surface area contributed by atoms with E-state index in [0.717, 1.165) is 5.39 Å². The van der Waals surface area contributed by atoms with Crippen LogP contribution >= 0.6 is 0 Å². The van der Waals surface area contributed by atoms with Crippen molar-refractivity contribution in [3.63, 3.8) is 0 Å². The fraction of sp³-hybridized carbons (Fsp3) is 0.0417. The van der Waals surface area contributed by atoms with Gasteiger partial charge in [-0.3, -0.25) is 4.79 Å². The van der Waals surface area contributed by atoms with Gasteiger partial charge in [0.1, 0.15) is 5.92 Å². The summed E-state index contributed by atoms with van der Waals surface area (Å²) < 4.78 is 0. The number of benzene rings is 4. The molecule has 4 rings (SSSR count). The molecule has 0 aliphatic carbocycles. The predicted molar refractivity (Wildman–Crippen MR) is 111 cm³/mol. The number of carboxylic acid groups (broad SMARTS) is 3. The second-order valence-electron chi connectivity index (χ2n) is 6.91. The highest BCUT2D eigenvalue weighted by atomic mass is 16.4. The number of carboxylic acids is 3. The molecule has 0 saturated heterocycles. The van der Waals surface area contributed by atoms with Crippen LogP contribution in [-0.2, 0) is 4.79 Å². The molecule has 0 aliphatic rings. The van der Waals surface area contributed by atoms with E-state index in [4.69, 9.17) is 0 Å². The minimum absolute atomic E-state index is 0.0357. The third kappa shape index (κ3) is 3.14. The quantitative estimate of drug-likeness (QED) is 0.451. The van der Waals surface area contributed by atoms with E-state index in [1.807, 2.05) is 18.2 Å². The average Bonchev–Trinajstić information content (AvgIpc) is 2.73. The molecule has 0 radical (unpaired) electrons. The molecule has 1 unspecified atom stereocenters. The lowest BCUT2D eigenvalue weighted by Gasteiger charge is -2.20. The number of aromatic carboxylic acids is 2. The summed E-state index contributed by atoms with van der Waals surface area (Å²) in [6.07, 6.45) is 0. The molecule has 4 aromatic carbocycles. The average molecular weight is 400 g/mol. The van der Waals surface area contributed by atoms with Crippen LogP contribution in [0.4, 0.5) is 0 Å². The first-order valence-corrected chi connectivity index (χ1v) is 9.12. The SMILES string of the molecule is O=C(O)c1ccc2c(C(C(=O)O)c3cccc4ccccc34)c(C(=O)O)ccc2c1. The summed E-state index contributed by atoms with van der Waals surface area (Å²) in [5.74, 6) is -4.81. The Hall–Kier alpha value is -4.19. The zero-order valence-electron chi connectivity index (χ0n) is 15.6. The molecular formula is C24H16O6. The highest BCUT2D eigenvalue weighted by molar-refractivity contribution is 6.05. The molecule has 3 N–H and O–H groups in total. The second kappa shape index (κ2) is 7.33. The van der Waals surface area contributed by atoms with Crippen molar-refractivity contribution in [3.05, 3.63) is 95.1 Å². The topological polar surface area (TPSA) is 112 Å². The molecule has 0 saturated carbocycles. The summed E-state index contributed by atoms with van der Waals surface area (Å²) >= 11 is 0. The maximum atomic E-state index is 12.5. The number of rotatable bonds is 5. The van der Waals surface area contributed by atoms with E-state index in [1.54, 1.807) is 24.3 Å². The van der Waals surface area contributed by atoms with Crippen LogP contribution in [0.25, 0.3) is 21.5 Å². The first-order valence-electron chi connectivity index (χ1n) is 9.12. The summed E-state index contributed by atoms with van der Waals surface area (Å²) in [6, 6.07) is 19.6. The molecule has 6 nitrogen and oxygen atoms in total. The summed E-state index contributed by atoms with van der Waals surface area (Å²) in [4.78, 5) is 35.8. The van der Waals surface area contributed by atoms with E-state index in [9.17, 15) is 29.7 Å². The third-order valence-electron chi connectivity index (χ3n) is 5.21. The van der Waals surface area contributed by atoms with Crippen molar-refractivity contribution in [1.82, 2.24) is 0 Å².